The molecule has 0 bridgehead atoms. The minimum Gasteiger partial charge on any atom is -0.380 e. The molecule has 0 aromatic heterocycles. The van der Waals surface area contributed by atoms with E-state index >= 15 is 0 Å². The van der Waals surface area contributed by atoms with Gasteiger partial charge in [-0.25, -0.2) is 0 Å². The summed E-state index contributed by atoms with van der Waals surface area (Å²) in [4.78, 5) is 2.14. The minimum atomic E-state index is 0.469. The molecule has 1 atom stereocenters. The van der Waals surface area contributed by atoms with Gasteiger partial charge in [-0.2, -0.15) is 0 Å². The van der Waals surface area contributed by atoms with Crippen molar-refractivity contribution < 1.29 is 4.74 Å². The first kappa shape index (κ1) is 11.3. The Morgan fingerprint density at radius 3 is 2.81 bits per heavy atom. The van der Waals surface area contributed by atoms with E-state index in [-0.39, 0.29) is 0 Å². The maximum atomic E-state index is 5.37. The fourth-order valence-electron chi connectivity index (χ4n) is 2.13. The SMILES string of the molecule is Cc1c(NC2CCOC2)cccc1N(C)C. The van der Waals surface area contributed by atoms with Crippen LogP contribution in [0.25, 0.3) is 0 Å². The normalized spacial score (nSPS) is 19.8. The van der Waals surface area contributed by atoms with Crippen LogP contribution in [0, 0.1) is 6.92 Å². The van der Waals surface area contributed by atoms with E-state index in [2.05, 4.69) is 49.4 Å². The molecule has 1 aliphatic rings. The van der Waals surface area contributed by atoms with E-state index in [0.29, 0.717) is 6.04 Å². The quantitative estimate of drug-likeness (QED) is 0.845. The minimum absolute atomic E-state index is 0.469. The van der Waals surface area contributed by atoms with E-state index in [1.165, 1.54) is 16.9 Å². The Morgan fingerprint density at radius 2 is 2.19 bits per heavy atom. The summed E-state index contributed by atoms with van der Waals surface area (Å²) < 4.78 is 5.37. The van der Waals surface area contributed by atoms with Gasteiger partial charge in [0, 0.05) is 32.1 Å². The van der Waals surface area contributed by atoms with Gasteiger partial charge in [-0.05, 0) is 31.0 Å². The van der Waals surface area contributed by atoms with Crippen LogP contribution >= 0.6 is 0 Å². The Labute approximate surface area is 97.4 Å². The Morgan fingerprint density at radius 1 is 1.38 bits per heavy atom. The molecule has 3 heteroatoms. The smallest absolute Gasteiger partial charge is 0.0668 e. The second kappa shape index (κ2) is 4.74. The van der Waals surface area contributed by atoms with Gasteiger partial charge in [-0.3, -0.25) is 0 Å². The van der Waals surface area contributed by atoms with Crippen LogP contribution in [0.4, 0.5) is 11.4 Å². The Hall–Kier alpha value is -1.22. The summed E-state index contributed by atoms with van der Waals surface area (Å²) >= 11 is 0. The highest BCUT2D eigenvalue weighted by Gasteiger charge is 2.16. The second-order valence-corrected chi connectivity index (χ2v) is 4.55. The zero-order valence-corrected chi connectivity index (χ0v) is 10.3. The Bertz CT molecular complexity index is 357. The Balaban J connectivity index is 2.17. The zero-order valence-electron chi connectivity index (χ0n) is 10.3. The van der Waals surface area contributed by atoms with E-state index in [4.69, 9.17) is 4.74 Å². The van der Waals surface area contributed by atoms with Crippen molar-refractivity contribution in [3.05, 3.63) is 23.8 Å². The zero-order chi connectivity index (χ0) is 11.5. The molecular formula is C13H20N2O. The lowest BCUT2D eigenvalue weighted by Gasteiger charge is -2.20. The van der Waals surface area contributed by atoms with E-state index in [1.807, 2.05) is 0 Å². The molecule has 1 N–H and O–H groups in total. The summed E-state index contributed by atoms with van der Waals surface area (Å²) in [5.41, 5.74) is 3.80. The van der Waals surface area contributed by atoms with Crippen LogP contribution < -0.4 is 10.2 Å². The first-order chi connectivity index (χ1) is 7.68. The molecule has 1 aliphatic heterocycles. The van der Waals surface area contributed by atoms with Gasteiger partial charge in [-0.1, -0.05) is 6.07 Å². The highest BCUT2D eigenvalue weighted by molar-refractivity contribution is 5.65. The molecule has 1 fully saturated rings. The van der Waals surface area contributed by atoms with Crippen LogP contribution in [0.2, 0.25) is 0 Å². The third-order valence-electron chi connectivity index (χ3n) is 3.08. The summed E-state index contributed by atoms with van der Waals surface area (Å²) in [5, 5.41) is 3.55. The van der Waals surface area contributed by atoms with Crippen LogP contribution in [-0.2, 0) is 4.74 Å². The molecule has 0 radical (unpaired) electrons. The van der Waals surface area contributed by atoms with Crippen molar-refractivity contribution in [1.82, 2.24) is 0 Å². The number of rotatable bonds is 3. The van der Waals surface area contributed by atoms with E-state index < -0.39 is 0 Å². The third kappa shape index (κ3) is 2.30. The van der Waals surface area contributed by atoms with Crippen molar-refractivity contribution in [2.45, 2.75) is 19.4 Å². The summed E-state index contributed by atoms with van der Waals surface area (Å²) in [6.07, 6.45) is 1.10. The lowest BCUT2D eigenvalue weighted by atomic mass is 10.1. The predicted octanol–water partition coefficient (Wildman–Crippen LogP) is 2.26. The number of benzene rings is 1. The number of nitrogens with one attached hydrogen (secondary N) is 1. The number of hydrogen-bond acceptors (Lipinski definition) is 3. The van der Waals surface area contributed by atoms with Gasteiger partial charge in [0.25, 0.3) is 0 Å². The van der Waals surface area contributed by atoms with Crippen molar-refractivity contribution in [1.29, 1.82) is 0 Å². The molecule has 0 aliphatic carbocycles. The summed E-state index contributed by atoms with van der Waals surface area (Å²) in [6, 6.07) is 6.85. The first-order valence-corrected chi connectivity index (χ1v) is 5.79. The number of nitrogens with zero attached hydrogens (tertiary/aromatic N) is 1. The van der Waals surface area contributed by atoms with Crippen LogP contribution in [0.3, 0.4) is 0 Å². The van der Waals surface area contributed by atoms with Gasteiger partial charge in [0.15, 0.2) is 0 Å². The molecule has 1 aromatic carbocycles. The lowest BCUT2D eigenvalue weighted by molar-refractivity contribution is 0.195. The molecule has 1 saturated heterocycles. The molecule has 1 aromatic rings. The van der Waals surface area contributed by atoms with Crippen molar-refractivity contribution in [2.75, 3.05) is 37.5 Å². The van der Waals surface area contributed by atoms with E-state index in [9.17, 15) is 0 Å². The molecule has 88 valence electrons. The fraction of sp³-hybridized carbons (Fsp3) is 0.538. The average molecular weight is 220 g/mol. The fourth-order valence-corrected chi connectivity index (χ4v) is 2.13. The molecule has 3 nitrogen and oxygen atoms in total. The highest BCUT2D eigenvalue weighted by atomic mass is 16.5. The standard InChI is InChI=1S/C13H20N2O/c1-10-12(14-11-7-8-16-9-11)5-4-6-13(10)15(2)3/h4-6,11,14H,7-9H2,1-3H3. The molecule has 0 spiro atoms. The first-order valence-electron chi connectivity index (χ1n) is 5.79. The van der Waals surface area contributed by atoms with Gasteiger partial charge >= 0.3 is 0 Å². The number of hydrogen-bond donors (Lipinski definition) is 1. The molecule has 1 unspecified atom stereocenters. The molecular weight excluding hydrogens is 200 g/mol. The van der Waals surface area contributed by atoms with Gasteiger partial charge in [0.2, 0.25) is 0 Å². The summed E-state index contributed by atoms with van der Waals surface area (Å²) in [5.74, 6) is 0. The molecule has 1 heterocycles. The number of ether oxygens (including phenoxy) is 1. The van der Waals surface area contributed by atoms with Crippen molar-refractivity contribution in [2.24, 2.45) is 0 Å². The van der Waals surface area contributed by atoms with Crippen LogP contribution in [0.15, 0.2) is 18.2 Å². The van der Waals surface area contributed by atoms with Crippen molar-refractivity contribution >= 4 is 11.4 Å². The lowest BCUT2D eigenvalue weighted by Crippen LogP contribution is -2.20. The predicted molar refractivity (Wildman–Crippen MR) is 68.4 cm³/mol. The van der Waals surface area contributed by atoms with Gasteiger partial charge in [-0.15, -0.1) is 0 Å². The maximum absolute atomic E-state index is 5.37. The Kier molecular flexibility index (Phi) is 3.34. The largest absolute Gasteiger partial charge is 0.380 e. The molecule has 16 heavy (non-hydrogen) atoms. The summed E-state index contributed by atoms with van der Waals surface area (Å²) in [7, 11) is 4.15. The average Bonchev–Trinajstić information content (AvgIpc) is 2.73. The third-order valence-corrected chi connectivity index (χ3v) is 3.08. The van der Waals surface area contributed by atoms with Crippen LogP contribution in [0.5, 0.6) is 0 Å². The summed E-state index contributed by atoms with van der Waals surface area (Å²) in [6.45, 7) is 3.86. The van der Waals surface area contributed by atoms with Crippen molar-refractivity contribution in [3.8, 4) is 0 Å². The van der Waals surface area contributed by atoms with Crippen LogP contribution in [0.1, 0.15) is 12.0 Å². The van der Waals surface area contributed by atoms with Gasteiger partial charge in [0.05, 0.1) is 12.6 Å². The van der Waals surface area contributed by atoms with Crippen molar-refractivity contribution in [3.63, 3.8) is 0 Å². The molecule has 0 saturated carbocycles. The molecule has 0 amide bonds. The van der Waals surface area contributed by atoms with Gasteiger partial charge in [0.1, 0.15) is 0 Å². The highest BCUT2D eigenvalue weighted by Crippen LogP contribution is 2.26. The van der Waals surface area contributed by atoms with E-state index in [0.717, 1.165) is 19.6 Å². The topological polar surface area (TPSA) is 24.5 Å². The van der Waals surface area contributed by atoms with E-state index in [1.54, 1.807) is 0 Å². The molecule has 2 rings (SSSR count). The second-order valence-electron chi connectivity index (χ2n) is 4.55. The number of anilines is 2. The van der Waals surface area contributed by atoms with Crippen LogP contribution in [-0.4, -0.2) is 33.4 Å². The van der Waals surface area contributed by atoms with Gasteiger partial charge < -0.3 is 15.0 Å². The maximum Gasteiger partial charge on any atom is 0.0668 e. The monoisotopic (exact) mass is 220 g/mol.